The van der Waals surface area contributed by atoms with Gasteiger partial charge in [-0.05, 0) is 49.1 Å². The maximum atomic E-state index is 14.2. The first-order valence-electron chi connectivity index (χ1n) is 14.0. The van der Waals surface area contributed by atoms with E-state index in [1.807, 2.05) is 6.92 Å². The van der Waals surface area contributed by atoms with Crippen molar-refractivity contribution in [3.05, 3.63) is 99.1 Å². The average molecular weight is 618 g/mol. The van der Waals surface area contributed by atoms with Gasteiger partial charge in [0.1, 0.15) is 29.3 Å². The van der Waals surface area contributed by atoms with Gasteiger partial charge in [-0.25, -0.2) is 0 Å². The summed E-state index contributed by atoms with van der Waals surface area (Å²) in [4.78, 5) is 45.9. The van der Waals surface area contributed by atoms with Gasteiger partial charge in [0.2, 0.25) is 0 Å². The van der Waals surface area contributed by atoms with Crippen molar-refractivity contribution in [3.63, 3.8) is 0 Å². The molecule has 0 N–H and O–H groups in total. The summed E-state index contributed by atoms with van der Waals surface area (Å²) in [6, 6.07) is 11.9. The summed E-state index contributed by atoms with van der Waals surface area (Å²) in [6.45, 7) is 7.96. The molecule has 0 saturated carbocycles. The molecular weight excluding hydrogens is 583 g/mol. The van der Waals surface area contributed by atoms with Crippen molar-refractivity contribution >= 4 is 23.3 Å². The number of hydrogen-bond acceptors (Lipinski definition) is 7. The molecule has 2 aromatic rings. The topological polar surface area (TPSA) is 76.5 Å². The molecule has 1 amide bonds. The Morgan fingerprint density at radius 3 is 2.35 bits per heavy atom. The number of likely N-dealkylation sites (N-methyl/N-ethyl adjacent to an activating group) is 1. The van der Waals surface area contributed by atoms with Crippen molar-refractivity contribution in [2.45, 2.75) is 57.4 Å². The highest BCUT2D eigenvalue weighted by molar-refractivity contribution is 6.30. The van der Waals surface area contributed by atoms with E-state index in [-0.39, 0.29) is 49.0 Å². The van der Waals surface area contributed by atoms with Crippen LogP contribution >= 0.6 is 11.6 Å². The predicted octanol–water partition coefficient (Wildman–Crippen LogP) is 6.33. The number of rotatable bonds is 11. The van der Waals surface area contributed by atoms with E-state index in [4.69, 9.17) is 11.6 Å². The second kappa shape index (κ2) is 12.4. The predicted molar refractivity (Wildman–Crippen MR) is 158 cm³/mol. The lowest BCUT2D eigenvalue weighted by Gasteiger charge is -2.45. The van der Waals surface area contributed by atoms with Gasteiger partial charge in [0.05, 0.1) is 17.5 Å². The number of halogens is 4. The summed E-state index contributed by atoms with van der Waals surface area (Å²) in [5.41, 5.74) is -1.10. The quantitative estimate of drug-likeness (QED) is 0.217. The fraction of sp³-hybridized carbons (Fsp3) is 0.419. The van der Waals surface area contributed by atoms with E-state index in [1.165, 1.54) is 17.0 Å². The Hall–Kier alpha value is -3.86. The Morgan fingerprint density at radius 1 is 1.09 bits per heavy atom. The van der Waals surface area contributed by atoms with Crippen molar-refractivity contribution < 1.29 is 22.8 Å². The number of nitrogens with zero attached hydrogens (tertiary/aromatic N) is 5. The standard InChI is InChI=1S/C31H35ClF3N5O3/c1-6-9-25(41)30(3,22-10-7-11-23(18-22)31(33,34)35)29-38(5)27-26(40(29)19-21-12-14-24(32)15-13-21)28(42)39(17-8-16-36-43)20(2)37(27)4/h7,10-15,18,29H,2,6,8-9,16-17,19H2,1,3-5H3. The van der Waals surface area contributed by atoms with Crippen LogP contribution in [0.4, 0.5) is 13.2 Å². The number of nitroso groups, excluding NO2 is 1. The van der Waals surface area contributed by atoms with Gasteiger partial charge in [-0.1, -0.05) is 60.6 Å². The molecule has 0 spiro atoms. The molecule has 4 rings (SSSR count). The normalized spacial score (nSPS) is 18.7. The molecule has 2 unspecified atom stereocenters. The van der Waals surface area contributed by atoms with Gasteiger partial charge in [-0.2, -0.15) is 18.1 Å². The van der Waals surface area contributed by atoms with E-state index in [0.29, 0.717) is 29.5 Å². The molecule has 2 aromatic carbocycles. The molecule has 0 aliphatic carbocycles. The molecule has 0 radical (unpaired) electrons. The lowest BCUT2D eigenvalue weighted by Crippen LogP contribution is -2.57. The van der Waals surface area contributed by atoms with Crippen molar-refractivity contribution in [1.82, 2.24) is 19.6 Å². The monoisotopic (exact) mass is 617 g/mol. The van der Waals surface area contributed by atoms with Crippen molar-refractivity contribution in [2.75, 3.05) is 27.2 Å². The van der Waals surface area contributed by atoms with Gasteiger partial charge in [0.15, 0.2) is 0 Å². The molecule has 43 heavy (non-hydrogen) atoms. The van der Waals surface area contributed by atoms with Crippen LogP contribution in [0.2, 0.25) is 5.02 Å². The van der Waals surface area contributed by atoms with E-state index < -0.39 is 23.3 Å². The average Bonchev–Trinajstić information content (AvgIpc) is 3.26. The first-order valence-corrected chi connectivity index (χ1v) is 14.4. The lowest BCUT2D eigenvalue weighted by molar-refractivity contribution is -0.138. The van der Waals surface area contributed by atoms with Gasteiger partial charge in [0, 0.05) is 38.6 Å². The number of carbonyl (C=O) groups is 2. The van der Waals surface area contributed by atoms with Crippen LogP contribution in [0.1, 0.15) is 49.8 Å². The van der Waals surface area contributed by atoms with Crippen LogP contribution in [0.5, 0.6) is 0 Å². The zero-order chi connectivity index (χ0) is 31.7. The molecule has 2 atom stereocenters. The second-order valence-electron chi connectivity index (χ2n) is 11.0. The van der Waals surface area contributed by atoms with Crippen LogP contribution in [0.25, 0.3) is 0 Å². The Labute approximate surface area is 254 Å². The Bertz CT molecular complexity index is 1440. The number of hydrogen-bond donors (Lipinski definition) is 0. The maximum absolute atomic E-state index is 14.2. The summed E-state index contributed by atoms with van der Waals surface area (Å²) < 4.78 is 41.7. The molecule has 2 aliphatic rings. The van der Waals surface area contributed by atoms with Crippen LogP contribution in [-0.4, -0.2) is 64.6 Å². The summed E-state index contributed by atoms with van der Waals surface area (Å²) in [5, 5.41) is 3.41. The van der Waals surface area contributed by atoms with Crippen molar-refractivity contribution in [3.8, 4) is 0 Å². The number of carbonyl (C=O) groups excluding carboxylic acids is 2. The highest BCUT2D eigenvalue weighted by Crippen LogP contribution is 2.47. The third-order valence-corrected chi connectivity index (χ3v) is 8.47. The van der Waals surface area contributed by atoms with Crippen LogP contribution < -0.4 is 0 Å². The van der Waals surface area contributed by atoms with Gasteiger partial charge < -0.3 is 14.7 Å². The Morgan fingerprint density at radius 2 is 1.74 bits per heavy atom. The highest BCUT2D eigenvalue weighted by Gasteiger charge is 2.56. The van der Waals surface area contributed by atoms with E-state index >= 15 is 0 Å². The third kappa shape index (κ3) is 5.87. The molecule has 8 nitrogen and oxygen atoms in total. The molecular formula is C31H35ClF3N5O3. The van der Waals surface area contributed by atoms with E-state index in [9.17, 15) is 27.7 Å². The van der Waals surface area contributed by atoms with Crippen molar-refractivity contribution in [1.29, 1.82) is 0 Å². The number of ketones is 1. The van der Waals surface area contributed by atoms with E-state index in [0.717, 1.165) is 17.7 Å². The highest BCUT2D eigenvalue weighted by atomic mass is 35.5. The minimum Gasteiger partial charge on any atom is -0.338 e. The van der Waals surface area contributed by atoms with Gasteiger partial charge >= 0.3 is 6.18 Å². The van der Waals surface area contributed by atoms with Crippen LogP contribution in [0.15, 0.2) is 77.6 Å². The maximum Gasteiger partial charge on any atom is 0.416 e. The number of benzene rings is 2. The first-order chi connectivity index (χ1) is 20.3. The number of alkyl halides is 3. The second-order valence-corrected chi connectivity index (χ2v) is 11.4. The molecule has 0 bridgehead atoms. The molecule has 0 fully saturated rings. The summed E-state index contributed by atoms with van der Waals surface area (Å²) in [7, 11) is 3.47. The fourth-order valence-electron chi connectivity index (χ4n) is 6.04. The third-order valence-electron chi connectivity index (χ3n) is 8.22. The fourth-order valence-corrected chi connectivity index (χ4v) is 6.17. The summed E-state index contributed by atoms with van der Waals surface area (Å²) >= 11 is 6.13. The molecule has 2 heterocycles. The summed E-state index contributed by atoms with van der Waals surface area (Å²) in [5.74, 6) is 0.201. The minimum absolute atomic E-state index is 0.0167. The first kappa shape index (κ1) is 32.1. The zero-order valence-electron chi connectivity index (χ0n) is 24.6. The van der Waals surface area contributed by atoms with E-state index in [1.54, 1.807) is 60.0 Å². The van der Waals surface area contributed by atoms with E-state index in [2.05, 4.69) is 11.8 Å². The number of Topliss-reactive ketones (excluding diaryl/α,β-unsaturated/α-hetero) is 1. The lowest BCUT2D eigenvalue weighted by atomic mass is 9.73. The van der Waals surface area contributed by atoms with Gasteiger partial charge in [0.25, 0.3) is 5.91 Å². The minimum atomic E-state index is -4.61. The molecule has 0 aromatic heterocycles. The molecule has 12 heteroatoms. The largest absolute Gasteiger partial charge is 0.416 e. The SMILES string of the molecule is C=C1N(C)C2=C(C(=O)N1CCCN=O)N(Cc1ccc(Cl)cc1)C(C(C)(C(=O)CCC)c1cccc(C(F)(F)F)c1)N2C. The van der Waals surface area contributed by atoms with Crippen molar-refractivity contribution in [2.24, 2.45) is 5.18 Å². The summed E-state index contributed by atoms with van der Waals surface area (Å²) in [6.07, 6.45) is -4.57. The van der Waals surface area contributed by atoms with Gasteiger partial charge in [-0.15, -0.1) is 0 Å². The zero-order valence-corrected chi connectivity index (χ0v) is 25.4. The smallest absolute Gasteiger partial charge is 0.338 e. The van der Waals surface area contributed by atoms with Crippen LogP contribution in [-0.2, 0) is 27.7 Å². The van der Waals surface area contributed by atoms with Gasteiger partial charge in [-0.3, -0.25) is 14.5 Å². The Balaban J connectivity index is 1.93. The van der Waals surface area contributed by atoms with Crippen LogP contribution in [0, 0.1) is 4.91 Å². The van der Waals surface area contributed by atoms with Crippen LogP contribution in [0.3, 0.4) is 0 Å². The number of amides is 1. The Kier molecular flexibility index (Phi) is 9.24. The molecule has 230 valence electrons. The molecule has 0 saturated heterocycles. The molecule has 2 aliphatic heterocycles.